The molecule has 0 saturated heterocycles. The first-order valence-corrected chi connectivity index (χ1v) is 6.73. The first-order valence-electron chi connectivity index (χ1n) is 6.73. The van der Waals surface area contributed by atoms with E-state index in [1.807, 2.05) is 12.1 Å². The molecule has 1 atom stereocenters. The molecule has 0 aromatic heterocycles. The highest BCUT2D eigenvalue weighted by molar-refractivity contribution is 5.75. The molecule has 1 aliphatic rings. The summed E-state index contributed by atoms with van der Waals surface area (Å²) in [6.07, 6.45) is 4.36. The Kier molecular flexibility index (Phi) is 4.37. The molecule has 1 aliphatic carbocycles. The molecule has 0 amide bonds. The summed E-state index contributed by atoms with van der Waals surface area (Å²) in [6, 6.07) is 7.78. The number of hydrogen-bond acceptors (Lipinski definition) is 3. The minimum Gasteiger partial charge on any atom is -0.461 e. The van der Waals surface area contributed by atoms with Crippen LogP contribution in [0.5, 0.6) is 0 Å². The Bertz CT molecular complexity index is 392. The molecule has 0 aliphatic heterocycles. The molecule has 3 nitrogen and oxygen atoms in total. The molecule has 0 radical (unpaired) electrons. The number of carbonyl (C=O) groups excluding carboxylic acids is 1. The normalized spacial score (nSPS) is 16.3. The average molecular weight is 247 g/mol. The van der Waals surface area contributed by atoms with Gasteiger partial charge in [0.2, 0.25) is 0 Å². The summed E-state index contributed by atoms with van der Waals surface area (Å²) in [5, 5.41) is 0. The third-order valence-corrected chi connectivity index (χ3v) is 3.47. The number of carbonyl (C=O) groups is 1. The van der Waals surface area contributed by atoms with Crippen LogP contribution in [-0.4, -0.2) is 18.1 Å². The topological polar surface area (TPSA) is 52.3 Å². The Morgan fingerprint density at radius 3 is 2.56 bits per heavy atom. The Hall–Kier alpha value is -1.35. The number of hydrogen-bond donors (Lipinski definition) is 1. The number of nitrogens with two attached hydrogens (primary N) is 1. The monoisotopic (exact) mass is 247 g/mol. The van der Waals surface area contributed by atoms with E-state index in [2.05, 4.69) is 19.1 Å². The minimum absolute atomic E-state index is 0.0254. The lowest BCUT2D eigenvalue weighted by Crippen LogP contribution is -2.35. The van der Waals surface area contributed by atoms with E-state index in [9.17, 15) is 4.79 Å². The molecule has 0 fully saturated rings. The Labute approximate surface area is 108 Å². The lowest BCUT2D eigenvalue weighted by molar-refractivity contribution is -0.150. The van der Waals surface area contributed by atoms with Crippen LogP contribution in [-0.2, 0) is 22.4 Å². The van der Waals surface area contributed by atoms with Crippen molar-refractivity contribution in [2.45, 2.75) is 51.2 Å². The van der Waals surface area contributed by atoms with E-state index in [0.717, 1.165) is 32.1 Å². The number of ether oxygens (including phenoxy) is 1. The number of unbranched alkanes of at least 4 members (excludes halogenated alkanes) is 1. The maximum absolute atomic E-state index is 11.8. The molecule has 0 bridgehead atoms. The summed E-state index contributed by atoms with van der Waals surface area (Å²) in [4.78, 5) is 11.8. The van der Waals surface area contributed by atoms with Gasteiger partial charge in [0.15, 0.2) is 0 Å². The van der Waals surface area contributed by atoms with E-state index in [1.165, 1.54) is 11.1 Å². The molecule has 0 heterocycles. The fraction of sp³-hybridized carbons (Fsp3) is 0.533. The van der Waals surface area contributed by atoms with Crippen molar-refractivity contribution in [1.29, 1.82) is 0 Å². The van der Waals surface area contributed by atoms with Crippen LogP contribution in [0.3, 0.4) is 0 Å². The molecular weight excluding hydrogens is 226 g/mol. The Morgan fingerprint density at radius 1 is 1.39 bits per heavy atom. The Balaban J connectivity index is 1.84. The lowest BCUT2D eigenvalue weighted by atomic mass is 10.1. The summed E-state index contributed by atoms with van der Waals surface area (Å²) in [7, 11) is 0. The van der Waals surface area contributed by atoms with Crippen LogP contribution in [0.2, 0.25) is 0 Å². The summed E-state index contributed by atoms with van der Waals surface area (Å²) in [5.74, 6) is -0.249. The fourth-order valence-electron chi connectivity index (χ4n) is 2.40. The Morgan fingerprint density at radius 2 is 2.00 bits per heavy atom. The van der Waals surface area contributed by atoms with E-state index in [4.69, 9.17) is 10.5 Å². The van der Waals surface area contributed by atoms with Gasteiger partial charge in [-0.3, -0.25) is 4.79 Å². The first-order chi connectivity index (χ1) is 8.70. The zero-order chi connectivity index (χ0) is 13.0. The van der Waals surface area contributed by atoms with Crippen molar-refractivity contribution in [3.63, 3.8) is 0 Å². The molecule has 1 unspecified atom stereocenters. The van der Waals surface area contributed by atoms with Crippen molar-refractivity contribution in [2.24, 2.45) is 5.73 Å². The van der Waals surface area contributed by atoms with E-state index >= 15 is 0 Å². The lowest BCUT2D eigenvalue weighted by Gasteiger charge is -2.15. The van der Waals surface area contributed by atoms with Gasteiger partial charge in [0.25, 0.3) is 0 Å². The fourth-order valence-corrected chi connectivity index (χ4v) is 2.40. The summed E-state index contributed by atoms with van der Waals surface area (Å²) in [6.45, 7) is 2.09. The number of fused-ring (bicyclic) bond motifs is 1. The second kappa shape index (κ2) is 6.01. The van der Waals surface area contributed by atoms with Crippen LogP contribution in [0.15, 0.2) is 24.3 Å². The van der Waals surface area contributed by atoms with Gasteiger partial charge in [-0.15, -0.1) is 0 Å². The van der Waals surface area contributed by atoms with Crippen LogP contribution >= 0.6 is 0 Å². The van der Waals surface area contributed by atoms with Crippen LogP contribution in [0.25, 0.3) is 0 Å². The third-order valence-electron chi connectivity index (χ3n) is 3.47. The van der Waals surface area contributed by atoms with Gasteiger partial charge in [0, 0.05) is 12.8 Å². The number of rotatable bonds is 5. The average Bonchev–Trinajstić information content (AvgIpc) is 2.77. The molecule has 98 valence electrons. The molecule has 0 spiro atoms. The largest absolute Gasteiger partial charge is 0.461 e. The summed E-state index contributed by atoms with van der Waals surface area (Å²) >= 11 is 0. The molecule has 1 aromatic carbocycles. The van der Waals surface area contributed by atoms with Crippen molar-refractivity contribution in [3.05, 3.63) is 35.4 Å². The molecular formula is C15H21NO2. The smallest absolute Gasteiger partial charge is 0.323 e. The summed E-state index contributed by atoms with van der Waals surface area (Å²) < 4.78 is 5.49. The maximum atomic E-state index is 11.8. The number of benzene rings is 1. The van der Waals surface area contributed by atoms with E-state index in [0.29, 0.717) is 0 Å². The zero-order valence-electron chi connectivity index (χ0n) is 10.9. The highest BCUT2D eigenvalue weighted by atomic mass is 16.5. The predicted molar refractivity (Wildman–Crippen MR) is 71.2 cm³/mol. The first kappa shape index (κ1) is 13.1. The van der Waals surface area contributed by atoms with E-state index in [1.54, 1.807) is 0 Å². The van der Waals surface area contributed by atoms with Gasteiger partial charge in [-0.05, 0) is 17.5 Å². The molecule has 2 N–H and O–H groups in total. The quantitative estimate of drug-likeness (QED) is 0.812. The minimum atomic E-state index is -0.464. The standard InChI is InChI=1S/C15H21NO2/c1-2-3-8-14(16)15(17)18-13-9-11-6-4-5-7-12(11)10-13/h4-7,13-14H,2-3,8-10,16H2,1H3. The van der Waals surface area contributed by atoms with Gasteiger partial charge < -0.3 is 10.5 Å². The van der Waals surface area contributed by atoms with Crippen molar-refractivity contribution in [1.82, 2.24) is 0 Å². The molecule has 2 rings (SSSR count). The number of esters is 1. The van der Waals surface area contributed by atoms with Crippen LogP contribution in [0.1, 0.15) is 37.3 Å². The van der Waals surface area contributed by atoms with Crippen molar-refractivity contribution in [3.8, 4) is 0 Å². The second-order valence-electron chi connectivity index (χ2n) is 4.98. The SMILES string of the molecule is CCCCC(N)C(=O)OC1Cc2ccccc2C1. The van der Waals surface area contributed by atoms with Crippen LogP contribution in [0, 0.1) is 0 Å². The van der Waals surface area contributed by atoms with Crippen LogP contribution < -0.4 is 5.73 Å². The molecule has 18 heavy (non-hydrogen) atoms. The van der Waals surface area contributed by atoms with E-state index < -0.39 is 6.04 Å². The molecule has 3 heteroatoms. The highest BCUT2D eigenvalue weighted by Crippen LogP contribution is 2.24. The third kappa shape index (κ3) is 3.10. The maximum Gasteiger partial charge on any atom is 0.323 e. The van der Waals surface area contributed by atoms with Crippen molar-refractivity contribution >= 4 is 5.97 Å². The van der Waals surface area contributed by atoms with Crippen molar-refractivity contribution < 1.29 is 9.53 Å². The molecule has 0 saturated carbocycles. The van der Waals surface area contributed by atoms with Gasteiger partial charge in [0.1, 0.15) is 12.1 Å². The van der Waals surface area contributed by atoms with Gasteiger partial charge in [-0.1, -0.05) is 44.0 Å². The molecule has 1 aromatic rings. The van der Waals surface area contributed by atoms with Gasteiger partial charge >= 0.3 is 5.97 Å². The second-order valence-corrected chi connectivity index (χ2v) is 4.98. The van der Waals surface area contributed by atoms with Gasteiger partial charge in [0.05, 0.1) is 0 Å². The summed E-state index contributed by atoms with van der Waals surface area (Å²) in [5.41, 5.74) is 8.39. The van der Waals surface area contributed by atoms with Gasteiger partial charge in [-0.2, -0.15) is 0 Å². The highest BCUT2D eigenvalue weighted by Gasteiger charge is 2.26. The van der Waals surface area contributed by atoms with Crippen molar-refractivity contribution in [2.75, 3.05) is 0 Å². The zero-order valence-corrected chi connectivity index (χ0v) is 10.9. The van der Waals surface area contributed by atoms with Gasteiger partial charge in [-0.25, -0.2) is 0 Å². The van der Waals surface area contributed by atoms with Crippen LogP contribution in [0.4, 0.5) is 0 Å². The van der Waals surface area contributed by atoms with E-state index in [-0.39, 0.29) is 12.1 Å². The predicted octanol–water partition coefficient (Wildman–Crippen LogP) is 2.21.